The molecule has 0 amide bonds. The Morgan fingerprint density at radius 1 is 1.21 bits per heavy atom. The molecule has 150 valence electrons. The maximum atomic E-state index is 9.92. The molecule has 10 nitrogen and oxygen atoms in total. The van der Waals surface area contributed by atoms with E-state index in [0.717, 1.165) is 0 Å². The highest BCUT2D eigenvalue weighted by Crippen LogP contribution is 2.56. The number of aliphatic hydroxyl groups is 1. The summed E-state index contributed by atoms with van der Waals surface area (Å²) >= 11 is 0. The van der Waals surface area contributed by atoms with Crippen molar-refractivity contribution in [3.63, 3.8) is 0 Å². The molecule has 2 aromatic heterocycles. The van der Waals surface area contributed by atoms with Crippen LogP contribution in [0, 0.1) is 0 Å². The van der Waals surface area contributed by atoms with Crippen LogP contribution in [0.4, 0.5) is 5.82 Å². The molecule has 3 aliphatic rings. The molecule has 0 unspecified atom stereocenters. The van der Waals surface area contributed by atoms with Gasteiger partial charge in [-0.1, -0.05) is 0 Å². The minimum Gasteiger partial charge on any atom is -0.393 e. The average Bonchev–Trinajstić information content (AvgIpc) is 3.23. The van der Waals surface area contributed by atoms with Gasteiger partial charge in [-0.3, -0.25) is 4.57 Å². The van der Waals surface area contributed by atoms with Crippen LogP contribution in [0.5, 0.6) is 0 Å². The van der Waals surface area contributed by atoms with E-state index in [0.29, 0.717) is 29.8 Å². The maximum Gasteiger partial charge on any atom is 0.184 e. The topological polar surface area (TPSA) is 107 Å². The van der Waals surface area contributed by atoms with E-state index >= 15 is 0 Å². The Balaban J connectivity index is 1.54. The number of ether oxygens (including phenoxy) is 3. The van der Waals surface area contributed by atoms with Crippen LogP contribution < -0.4 is 0 Å². The van der Waals surface area contributed by atoms with E-state index in [-0.39, 0.29) is 18.3 Å². The number of hydrogen-bond donors (Lipinski definition) is 1. The first kappa shape index (κ1) is 17.9. The third-order valence-corrected chi connectivity index (χ3v) is 5.47. The number of aromatic nitrogens is 4. The Hall–Kier alpha value is -2.14. The predicted molar refractivity (Wildman–Crippen MR) is 99.1 cm³/mol. The summed E-state index contributed by atoms with van der Waals surface area (Å²) in [7, 11) is 3.78. The fourth-order valence-electron chi connectivity index (χ4n) is 4.35. The van der Waals surface area contributed by atoms with Crippen LogP contribution in [0.25, 0.3) is 11.2 Å². The summed E-state index contributed by atoms with van der Waals surface area (Å²) in [6, 6.07) is 0. The van der Waals surface area contributed by atoms with Crippen molar-refractivity contribution < 1.29 is 19.3 Å². The first-order valence-corrected chi connectivity index (χ1v) is 9.38. The number of nitrogens with zero attached hydrogens (tertiary/aromatic N) is 6. The Morgan fingerprint density at radius 2 is 2.00 bits per heavy atom. The number of imidazole rings is 1. The molecule has 10 heteroatoms. The highest BCUT2D eigenvalue weighted by molar-refractivity contribution is 5.82. The minimum absolute atomic E-state index is 0.249. The SMILES string of the molecule is CN(C)C=Nc1ncnc2c1ncn2[C@@H]1OC2(CC(O)C2)[C@H]2OC(C)(C)O[C@@H]12. The van der Waals surface area contributed by atoms with Gasteiger partial charge in [-0.05, 0) is 13.8 Å². The summed E-state index contributed by atoms with van der Waals surface area (Å²) < 4.78 is 20.6. The van der Waals surface area contributed by atoms with Gasteiger partial charge < -0.3 is 24.2 Å². The molecular formula is C18H24N6O4. The van der Waals surface area contributed by atoms with Crippen molar-refractivity contribution in [3.8, 4) is 0 Å². The molecule has 1 aliphatic carbocycles. The van der Waals surface area contributed by atoms with Crippen LogP contribution in [0.3, 0.4) is 0 Å². The van der Waals surface area contributed by atoms with Crippen molar-refractivity contribution >= 4 is 23.3 Å². The Bertz CT molecular complexity index is 935. The van der Waals surface area contributed by atoms with Crippen molar-refractivity contribution in [1.82, 2.24) is 24.4 Å². The molecule has 3 atom stereocenters. The van der Waals surface area contributed by atoms with E-state index in [4.69, 9.17) is 14.2 Å². The van der Waals surface area contributed by atoms with E-state index in [1.807, 2.05) is 37.4 Å². The van der Waals surface area contributed by atoms with Crippen molar-refractivity contribution in [1.29, 1.82) is 0 Å². The second kappa shape index (κ2) is 5.93. The summed E-state index contributed by atoms with van der Waals surface area (Å²) in [4.78, 5) is 19.3. The van der Waals surface area contributed by atoms with Gasteiger partial charge in [-0.25, -0.2) is 19.9 Å². The molecular weight excluding hydrogens is 364 g/mol. The lowest BCUT2D eigenvalue weighted by molar-refractivity contribution is -0.251. The third-order valence-electron chi connectivity index (χ3n) is 5.47. The number of aliphatic imine (C=N–C) groups is 1. The third kappa shape index (κ3) is 2.63. The predicted octanol–water partition coefficient (Wildman–Crippen LogP) is 0.990. The smallest absolute Gasteiger partial charge is 0.184 e. The molecule has 28 heavy (non-hydrogen) atoms. The summed E-state index contributed by atoms with van der Waals surface area (Å²) in [5.74, 6) is -0.220. The number of fused-ring (bicyclic) bond motifs is 3. The average molecular weight is 388 g/mol. The zero-order chi connectivity index (χ0) is 19.7. The number of hydrogen-bond acceptors (Lipinski definition) is 8. The Kier molecular flexibility index (Phi) is 3.80. The summed E-state index contributed by atoms with van der Waals surface area (Å²) in [6.07, 6.45) is 4.49. The molecule has 2 aromatic rings. The Morgan fingerprint density at radius 3 is 2.71 bits per heavy atom. The minimum atomic E-state index is -0.711. The zero-order valence-corrected chi connectivity index (χ0v) is 16.3. The zero-order valence-electron chi connectivity index (χ0n) is 16.3. The van der Waals surface area contributed by atoms with Crippen molar-refractivity contribution in [2.24, 2.45) is 4.99 Å². The van der Waals surface area contributed by atoms with Crippen LogP contribution in [-0.4, -0.2) is 79.7 Å². The lowest BCUT2D eigenvalue weighted by atomic mass is 9.73. The van der Waals surface area contributed by atoms with E-state index in [1.54, 1.807) is 12.7 Å². The molecule has 4 heterocycles. The van der Waals surface area contributed by atoms with Gasteiger partial charge >= 0.3 is 0 Å². The van der Waals surface area contributed by atoms with Gasteiger partial charge in [0.05, 0.1) is 18.8 Å². The lowest BCUT2D eigenvalue weighted by Crippen LogP contribution is -2.55. The van der Waals surface area contributed by atoms with Gasteiger partial charge in [0.25, 0.3) is 0 Å². The monoisotopic (exact) mass is 388 g/mol. The van der Waals surface area contributed by atoms with Crippen LogP contribution >= 0.6 is 0 Å². The van der Waals surface area contributed by atoms with Crippen LogP contribution in [0.2, 0.25) is 0 Å². The highest BCUT2D eigenvalue weighted by atomic mass is 16.8. The fraction of sp³-hybridized carbons (Fsp3) is 0.667. The van der Waals surface area contributed by atoms with Crippen LogP contribution in [-0.2, 0) is 14.2 Å². The number of aliphatic hydroxyl groups excluding tert-OH is 1. The molecule has 0 radical (unpaired) electrons. The standard InChI is InChI=1S/C18H24N6O4/c1-17(2)26-12-13(27-17)18(5-10(25)6-18)28-16(12)24-9-21-11-14(22-8-23(3)4)19-7-20-15(11)24/h7-10,12-13,16,25H,5-6H2,1-4H3/t10?,12-,13+,16-,18?/m1/s1. The van der Waals surface area contributed by atoms with Gasteiger partial charge in [0.1, 0.15) is 24.1 Å². The maximum absolute atomic E-state index is 9.92. The molecule has 3 fully saturated rings. The van der Waals surface area contributed by atoms with Crippen LogP contribution in [0.15, 0.2) is 17.6 Å². The summed E-state index contributed by atoms with van der Waals surface area (Å²) in [5.41, 5.74) is 0.668. The molecule has 2 aliphatic heterocycles. The van der Waals surface area contributed by atoms with Gasteiger partial charge in [0, 0.05) is 26.9 Å². The normalized spacial score (nSPS) is 36.3. The van der Waals surface area contributed by atoms with Crippen LogP contribution in [0.1, 0.15) is 32.9 Å². The van der Waals surface area contributed by atoms with E-state index in [1.165, 1.54) is 6.33 Å². The quantitative estimate of drug-likeness (QED) is 0.613. The van der Waals surface area contributed by atoms with Gasteiger partial charge in [-0.15, -0.1) is 0 Å². The molecule has 1 N–H and O–H groups in total. The number of rotatable bonds is 3. The Labute approximate surface area is 162 Å². The molecule has 2 saturated heterocycles. The summed E-state index contributed by atoms with van der Waals surface area (Å²) in [6.45, 7) is 3.79. The van der Waals surface area contributed by atoms with Crippen molar-refractivity contribution in [2.75, 3.05) is 14.1 Å². The summed E-state index contributed by atoms with van der Waals surface area (Å²) in [5, 5.41) is 9.92. The van der Waals surface area contributed by atoms with Crippen molar-refractivity contribution in [3.05, 3.63) is 12.7 Å². The molecule has 1 spiro atoms. The molecule has 0 aromatic carbocycles. The van der Waals surface area contributed by atoms with Gasteiger partial charge in [0.15, 0.2) is 29.0 Å². The molecule has 1 saturated carbocycles. The first-order chi connectivity index (χ1) is 13.3. The highest BCUT2D eigenvalue weighted by Gasteiger charge is 2.67. The first-order valence-electron chi connectivity index (χ1n) is 9.38. The second-order valence-electron chi connectivity index (χ2n) is 8.39. The fourth-order valence-corrected chi connectivity index (χ4v) is 4.35. The van der Waals surface area contributed by atoms with Gasteiger partial charge in [-0.2, -0.15) is 0 Å². The molecule has 5 rings (SSSR count). The second-order valence-corrected chi connectivity index (χ2v) is 8.39. The lowest BCUT2D eigenvalue weighted by Gasteiger charge is -2.45. The van der Waals surface area contributed by atoms with Gasteiger partial charge in [0.2, 0.25) is 0 Å². The largest absolute Gasteiger partial charge is 0.393 e. The van der Waals surface area contributed by atoms with E-state index in [9.17, 15) is 5.11 Å². The van der Waals surface area contributed by atoms with E-state index in [2.05, 4.69) is 19.9 Å². The van der Waals surface area contributed by atoms with Crippen molar-refractivity contribution in [2.45, 2.75) is 62.6 Å². The molecule has 0 bridgehead atoms. The van der Waals surface area contributed by atoms with E-state index < -0.39 is 17.6 Å².